The molecule has 1 amide bonds. The maximum absolute atomic E-state index is 12.1. The predicted molar refractivity (Wildman–Crippen MR) is 93.6 cm³/mol. The predicted octanol–water partition coefficient (Wildman–Crippen LogP) is 2.30. The first kappa shape index (κ1) is 17.4. The van der Waals surface area contributed by atoms with E-state index in [1.807, 2.05) is 4.72 Å². The second-order valence-corrected chi connectivity index (χ2v) is 8.52. The minimum atomic E-state index is -3.81. The number of nitrogens with zero attached hydrogens (tertiary/aromatic N) is 2. The summed E-state index contributed by atoms with van der Waals surface area (Å²) < 4.78 is 27.7. The first-order chi connectivity index (χ1) is 11.3. The zero-order valence-electron chi connectivity index (χ0n) is 12.0. The molecule has 0 fully saturated rings. The summed E-state index contributed by atoms with van der Waals surface area (Å²) in [5, 5.41) is 9.50. The van der Waals surface area contributed by atoms with Crippen LogP contribution in [0.25, 0.3) is 15.2 Å². The number of amides is 1. The fraction of sp³-hybridized carbons (Fsp3) is 0.231. The number of halogens is 2. The molecular weight excluding hydrogens is 397 g/mol. The summed E-state index contributed by atoms with van der Waals surface area (Å²) >= 11 is 13.4. The molecule has 2 aromatic heterocycles. The van der Waals surface area contributed by atoms with E-state index in [0.29, 0.717) is 15.0 Å². The second-order valence-electron chi connectivity index (χ2n) is 4.92. The van der Waals surface area contributed by atoms with Gasteiger partial charge in [0.1, 0.15) is 5.69 Å². The topological polar surface area (TPSA) is 101 Å². The number of nitrogens with one attached hydrogen (secondary N) is 1. The number of imidazole rings is 1. The van der Waals surface area contributed by atoms with Gasteiger partial charge < -0.3 is 5.11 Å². The standard InChI is InChI=1S/C13H11Cl2N3O4S2/c14-7-2-3-9-11(10(7)15)23-13-16-8(6-18(9)13)12(20)17-24(21,22)5-1-4-19/h2-3,6,19H,1,4-5H2,(H,17,20). The SMILES string of the molecule is O=C(NS(=O)(=O)CCCO)c1cn2c(n1)sc1c(Cl)c(Cl)ccc12. The van der Waals surface area contributed by atoms with Crippen molar-refractivity contribution in [3.8, 4) is 0 Å². The van der Waals surface area contributed by atoms with Crippen LogP contribution in [0.2, 0.25) is 10.0 Å². The van der Waals surface area contributed by atoms with E-state index >= 15 is 0 Å². The lowest BCUT2D eigenvalue weighted by molar-refractivity contribution is 0.0977. The number of sulfonamides is 1. The van der Waals surface area contributed by atoms with E-state index in [2.05, 4.69) is 4.98 Å². The lowest BCUT2D eigenvalue weighted by Crippen LogP contribution is -2.33. The van der Waals surface area contributed by atoms with Crippen molar-refractivity contribution < 1.29 is 18.3 Å². The van der Waals surface area contributed by atoms with Crippen LogP contribution in [0.5, 0.6) is 0 Å². The van der Waals surface area contributed by atoms with Gasteiger partial charge in [-0.3, -0.25) is 9.20 Å². The van der Waals surface area contributed by atoms with E-state index in [1.165, 1.54) is 17.5 Å². The Bertz CT molecular complexity index is 1040. The number of hydrogen-bond donors (Lipinski definition) is 2. The van der Waals surface area contributed by atoms with Crippen LogP contribution >= 0.6 is 34.5 Å². The third-order valence-corrected chi connectivity index (χ3v) is 6.53. The Kier molecular flexibility index (Phi) is 4.71. The fourth-order valence-electron chi connectivity index (χ4n) is 2.12. The molecule has 0 aliphatic rings. The molecule has 0 spiro atoms. The average Bonchev–Trinajstić information content (AvgIpc) is 3.07. The summed E-state index contributed by atoms with van der Waals surface area (Å²) in [5.74, 6) is -1.16. The van der Waals surface area contributed by atoms with Crippen molar-refractivity contribution in [2.75, 3.05) is 12.4 Å². The largest absolute Gasteiger partial charge is 0.396 e. The molecule has 0 unspecified atom stereocenters. The molecule has 2 heterocycles. The van der Waals surface area contributed by atoms with Crippen molar-refractivity contribution in [2.24, 2.45) is 0 Å². The summed E-state index contributed by atoms with van der Waals surface area (Å²) in [6, 6.07) is 3.38. The highest BCUT2D eigenvalue weighted by atomic mass is 35.5. The number of aromatic nitrogens is 2. The van der Waals surface area contributed by atoms with Crippen LogP contribution in [0, 0.1) is 0 Å². The minimum Gasteiger partial charge on any atom is -0.396 e. The molecule has 0 saturated carbocycles. The van der Waals surface area contributed by atoms with Crippen LogP contribution in [0.15, 0.2) is 18.3 Å². The third-order valence-electron chi connectivity index (χ3n) is 3.21. The lowest BCUT2D eigenvalue weighted by Gasteiger charge is -2.03. The number of fused-ring (bicyclic) bond motifs is 3. The van der Waals surface area contributed by atoms with Gasteiger partial charge in [0, 0.05) is 12.8 Å². The Morgan fingerprint density at radius 1 is 1.38 bits per heavy atom. The van der Waals surface area contributed by atoms with Gasteiger partial charge in [-0.1, -0.05) is 34.5 Å². The van der Waals surface area contributed by atoms with Crippen molar-refractivity contribution in [3.63, 3.8) is 0 Å². The van der Waals surface area contributed by atoms with Crippen molar-refractivity contribution in [1.82, 2.24) is 14.1 Å². The van der Waals surface area contributed by atoms with Crippen LogP contribution in [-0.2, 0) is 10.0 Å². The molecule has 24 heavy (non-hydrogen) atoms. The molecule has 0 radical (unpaired) electrons. The van der Waals surface area contributed by atoms with Gasteiger partial charge in [-0.25, -0.2) is 18.1 Å². The number of benzene rings is 1. The highest BCUT2D eigenvalue weighted by Gasteiger charge is 2.20. The lowest BCUT2D eigenvalue weighted by atomic mass is 10.3. The summed E-state index contributed by atoms with van der Waals surface area (Å²) in [6.45, 7) is -0.273. The highest BCUT2D eigenvalue weighted by molar-refractivity contribution is 7.90. The molecule has 1 aromatic carbocycles. The first-order valence-corrected chi connectivity index (χ1v) is 9.96. The molecule has 0 aliphatic heterocycles. The van der Waals surface area contributed by atoms with E-state index in [9.17, 15) is 13.2 Å². The van der Waals surface area contributed by atoms with E-state index in [-0.39, 0.29) is 24.5 Å². The third kappa shape index (κ3) is 3.22. The summed E-state index contributed by atoms with van der Waals surface area (Å²) in [4.78, 5) is 16.7. The Balaban J connectivity index is 1.94. The van der Waals surface area contributed by atoms with E-state index < -0.39 is 15.9 Å². The smallest absolute Gasteiger partial charge is 0.284 e. The van der Waals surface area contributed by atoms with E-state index in [4.69, 9.17) is 28.3 Å². The maximum Gasteiger partial charge on any atom is 0.284 e. The number of rotatable bonds is 5. The number of carbonyl (C=O) groups excluding carboxylic acids is 1. The second kappa shape index (κ2) is 6.49. The monoisotopic (exact) mass is 407 g/mol. The van der Waals surface area contributed by atoms with Crippen LogP contribution < -0.4 is 4.72 Å². The molecule has 128 valence electrons. The van der Waals surface area contributed by atoms with Gasteiger partial charge in [0.05, 0.1) is 26.0 Å². The molecule has 3 rings (SSSR count). The Hall–Kier alpha value is -1.39. The van der Waals surface area contributed by atoms with Gasteiger partial charge in [-0.15, -0.1) is 0 Å². The molecular formula is C13H11Cl2N3O4S2. The Morgan fingerprint density at radius 2 is 2.12 bits per heavy atom. The number of aliphatic hydroxyl groups excluding tert-OH is 1. The molecule has 0 bridgehead atoms. The number of aliphatic hydroxyl groups is 1. The fourth-order valence-corrected chi connectivity index (χ4v) is 4.65. The van der Waals surface area contributed by atoms with Crippen molar-refractivity contribution in [1.29, 1.82) is 0 Å². The number of carbonyl (C=O) groups is 1. The zero-order chi connectivity index (χ0) is 17.5. The zero-order valence-corrected chi connectivity index (χ0v) is 15.1. The molecule has 0 atom stereocenters. The van der Waals surface area contributed by atoms with Gasteiger partial charge in [0.2, 0.25) is 10.0 Å². The van der Waals surface area contributed by atoms with Crippen molar-refractivity contribution in [3.05, 3.63) is 34.1 Å². The van der Waals surface area contributed by atoms with Crippen LogP contribution in [0.4, 0.5) is 0 Å². The summed E-state index contributed by atoms with van der Waals surface area (Å²) in [6.07, 6.45) is 1.49. The number of hydrogen-bond acceptors (Lipinski definition) is 6. The van der Waals surface area contributed by atoms with Crippen LogP contribution in [0.3, 0.4) is 0 Å². The van der Waals surface area contributed by atoms with Gasteiger partial charge >= 0.3 is 0 Å². The molecule has 3 aromatic rings. The Morgan fingerprint density at radius 3 is 2.83 bits per heavy atom. The minimum absolute atomic E-state index is 0.0261. The van der Waals surface area contributed by atoms with E-state index in [0.717, 1.165) is 10.2 Å². The summed E-state index contributed by atoms with van der Waals surface area (Å²) in [7, 11) is -3.81. The molecule has 2 N–H and O–H groups in total. The van der Waals surface area contributed by atoms with Gasteiger partial charge in [-0.2, -0.15) is 0 Å². The van der Waals surface area contributed by atoms with Crippen molar-refractivity contribution in [2.45, 2.75) is 6.42 Å². The average molecular weight is 408 g/mol. The van der Waals surface area contributed by atoms with Crippen molar-refractivity contribution >= 4 is 65.6 Å². The molecule has 7 nitrogen and oxygen atoms in total. The Labute approximate surface area is 150 Å². The molecule has 0 aliphatic carbocycles. The first-order valence-electron chi connectivity index (χ1n) is 6.73. The summed E-state index contributed by atoms with van der Waals surface area (Å²) in [5.41, 5.74) is 0.695. The number of thiazole rings is 1. The van der Waals surface area contributed by atoms with Gasteiger partial charge in [0.25, 0.3) is 5.91 Å². The van der Waals surface area contributed by atoms with Gasteiger partial charge in [0.15, 0.2) is 4.96 Å². The quantitative estimate of drug-likeness (QED) is 0.675. The highest BCUT2D eigenvalue weighted by Crippen LogP contribution is 2.36. The molecule has 0 saturated heterocycles. The van der Waals surface area contributed by atoms with E-state index in [1.54, 1.807) is 16.5 Å². The normalized spacial score (nSPS) is 12.1. The van der Waals surface area contributed by atoms with Crippen LogP contribution in [0.1, 0.15) is 16.9 Å². The van der Waals surface area contributed by atoms with Gasteiger partial charge in [-0.05, 0) is 18.6 Å². The molecule has 11 heteroatoms. The maximum atomic E-state index is 12.1. The van der Waals surface area contributed by atoms with Crippen LogP contribution in [-0.4, -0.2) is 41.2 Å².